The second-order valence-electron chi connectivity index (χ2n) is 4.61. The van der Waals surface area contributed by atoms with E-state index in [4.69, 9.17) is 9.47 Å². The lowest BCUT2D eigenvalue weighted by Gasteiger charge is -2.23. The van der Waals surface area contributed by atoms with Crippen molar-refractivity contribution >= 4 is 15.9 Å². The minimum atomic E-state index is 0.318. The van der Waals surface area contributed by atoms with Gasteiger partial charge in [0.2, 0.25) is 0 Å². The molecule has 0 amide bonds. The lowest BCUT2D eigenvalue weighted by molar-refractivity contribution is 0.0806. The number of ether oxygens (including phenoxy) is 2. The largest absolute Gasteiger partial charge is 0.496 e. The fraction of sp³-hybridized carbons (Fsp3) is 0.571. The summed E-state index contributed by atoms with van der Waals surface area (Å²) in [5, 5.41) is 3.37. The van der Waals surface area contributed by atoms with E-state index in [1.807, 2.05) is 19.2 Å². The van der Waals surface area contributed by atoms with Gasteiger partial charge in [-0.2, -0.15) is 0 Å². The highest BCUT2D eigenvalue weighted by Crippen LogP contribution is 2.26. The minimum absolute atomic E-state index is 0.318. The molecule has 2 atom stereocenters. The summed E-state index contributed by atoms with van der Waals surface area (Å²) in [6, 6.07) is 6.47. The first-order valence-electron chi connectivity index (χ1n) is 6.36. The van der Waals surface area contributed by atoms with Gasteiger partial charge in [-0.3, -0.25) is 0 Å². The molecule has 4 heteroatoms. The standard InChI is InChI=1S/C14H20BrNO2/c1-16-12(14-4-3-7-18-14)9-10-8-11(15)5-6-13(10)17-2/h5-6,8,12,14,16H,3-4,7,9H2,1-2H3. The van der Waals surface area contributed by atoms with Crippen LogP contribution in [0.3, 0.4) is 0 Å². The molecule has 1 aromatic rings. The van der Waals surface area contributed by atoms with Gasteiger partial charge in [0.05, 0.1) is 13.2 Å². The molecule has 0 aromatic heterocycles. The molecule has 0 saturated carbocycles. The predicted molar refractivity (Wildman–Crippen MR) is 76.2 cm³/mol. The van der Waals surface area contributed by atoms with E-state index in [0.717, 1.165) is 29.7 Å². The smallest absolute Gasteiger partial charge is 0.122 e. The molecule has 0 radical (unpaired) electrons. The van der Waals surface area contributed by atoms with Crippen molar-refractivity contribution in [1.82, 2.24) is 5.32 Å². The monoisotopic (exact) mass is 313 g/mol. The molecule has 1 aromatic carbocycles. The van der Waals surface area contributed by atoms with Crippen LogP contribution in [0.15, 0.2) is 22.7 Å². The summed E-state index contributed by atoms with van der Waals surface area (Å²) in [6.45, 7) is 0.887. The van der Waals surface area contributed by atoms with Crippen LogP contribution in [0.5, 0.6) is 5.75 Å². The van der Waals surface area contributed by atoms with Crippen LogP contribution in [0.4, 0.5) is 0 Å². The third-order valence-corrected chi connectivity index (χ3v) is 3.96. The van der Waals surface area contributed by atoms with Crippen molar-refractivity contribution in [1.29, 1.82) is 0 Å². The Morgan fingerprint density at radius 1 is 1.56 bits per heavy atom. The van der Waals surface area contributed by atoms with Crippen molar-refractivity contribution in [3.8, 4) is 5.75 Å². The summed E-state index contributed by atoms with van der Waals surface area (Å²) >= 11 is 3.51. The molecule has 1 N–H and O–H groups in total. The van der Waals surface area contributed by atoms with Gasteiger partial charge >= 0.3 is 0 Å². The van der Waals surface area contributed by atoms with Crippen molar-refractivity contribution < 1.29 is 9.47 Å². The molecule has 1 heterocycles. The molecule has 2 rings (SSSR count). The highest BCUT2D eigenvalue weighted by Gasteiger charge is 2.25. The third kappa shape index (κ3) is 3.25. The maximum atomic E-state index is 5.77. The molecule has 1 aliphatic rings. The second-order valence-corrected chi connectivity index (χ2v) is 5.52. The Morgan fingerprint density at radius 2 is 2.39 bits per heavy atom. The van der Waals surface area contributed by atoms with Crippen LogP contribution in [0.2, 0.25) is 0 Å². The number of benzene rings is 1. The Hall–Kier alpha value is -0.580. The first-order valence-corrected chi connectivity index (χ1v) is 7.15. The van der Waals surface area contributed by atoms with E-state index in [9.17, 15) is 0 Å². The molecule has 0 bridgehead atoms. The zero-order valence-corrected chi connectivity index (χ0v) is 12.5. The SMILES string of the molecule is CNC(Cc1cc(Br)ccc1OC)C1CCCO1. The summed E-state index contributed by atoms with van der Waals surface area (Å²) in [7, 11) is 3.71. The average molecular weight is 314 g/mol. The zero-order valence-electron chi connectivity index (χ0n) is 10.9. The average Bonchev–Trinajstić information content (AvgIpc) is 2.90. The van der Waals surface area contributed by atoms with Gasteiger partial charge in [-0.1, -0.05) is 15.9 Å². The first kappa shape index (κ1) is 13.8. The molecule has 1 aliphatic heterocycles. The Balaban J connectivity index is 2.12. The minimum Gasteiger partial charge on any atom is -0.496 e. The van der Waals surface area contributed by atoms with Gasteiger partial charge in [0.15, 0.2) is 0 Å². The van der Waals surface area contributed by atoms with Gasteiger partial charge in [-0.25, -0.2) is 0 Å². The van der Waals surface area contributed by atoms with Crippen LogP contribution in [0, 0.1) is 0 Å². The van der Waals surface area contributed by atoms with Crippen LogP contribution in [0.25, 0.3) is 0 Å². The number of hydrogen-bond acceptors (Lipinski definition) is 3. The van der Waals surface area contributed by atoms with E-state index in [-0.39, 0.29) is 0 Å². The lowest BCUT2D eigenvalue weighted by Crippen LogP contribution is -2.39. The van der Waals surface area contributed by atoms with Gasteiger partial charge in [0, 0.05) is 17.1 Å². The van der Waals surface area contributed by atoms with Crippen LogP contribution < -0.4 is 10.1 Å². The highest BCUT2D eigenvalue weighted by atomic mass is 79.9. The van der Waals surface area contributed by atoms with Crippen LogP contribution >= 0.6 is 15.9 Å². The van der Waals surface area contributed by atoms with E-state index < -0.39 is 0 Å². The molecular weight excluding hydrogens is 294 g/mol. The summed E-state index contributed by atoms with van der Waals surface area (Å²) in [5.41, 5.74) is 1.21. The number of halogens is 1. The maximum absolute atomic E-state index is 5.77. The Morgan fingerprint density at radius 3 is 3.00 bits per heavy atom. The third-order valence-electron chi connectivity index (χ3n) is 3.47. The zero-order chi connectivity index (χ0) is 13.0. The maximum Gasteiger partial charge on any atom is 0.122 e. The van der Waals surface area contributed by atoms with Gasteiger partial charge in [0.1, 0.15) is 5.75 Å². The summed E-state index contributed by atoms with van der Waals surface area (Å²) in [4.78, 5) is 0. The van der Waals surface area contributed by atoms with Gasteiger partial charge < -0.3 is 14.8 Å². The second kappa shape index (κ2) is 6.55. The highest BCUT2D eigenvalue weighted by molar-refractivity contribution is 9.10. The number of hydrogen-bond donors (Lipinski definition) is 1. The number of likely N-dealkylation sites (N-methyl/N-ethyl adjacent to an activating group) is 1. The van der Waals surface area contributed by atoms with Crippen LogP contribution in [-0.2, 0) is 11.2 Å². The van der Waals surface area contributed by atoms with Gasteiger partial charge in [0.25, 0.3) is 0 Å². The predicted octanol–water partition coefficient (Wildman–Crippen LogP) is 2.77. The molecule has 18 heavy (non-hydrogen) atoms. The van der Waals surface area contributed by atoms with Crippen LogP contribution in [-0.4, -0.2) is 32.9 Å². The fourth-order valence-corrected chi connectivity index (χ4v) is 2.89. The fourth-order valence-electron chi connectivity index (χ4n) is 2.48. The summed E-state index contributed by atoms with van der Waals surface area (Å²) < 4.78 is 12.3. The van der Waals surface area contributed by atoms with Crippen molar-refractivity contribution in [2.45, 2.75) is 31.4 Å². The molecule has 0 spiro atoms. The van der Waals surface area contributed by atoms with Crippen molar-refractivity contribution in [3.63, 3.8) is 0 Å². The van der Waals surface area contributed by atoms with E-state index in [2.05, 4.69) is 27.3 Å². The van der Waals surface area contributed by atoms with Crippen molar-refractivity contribution in [3.05, 3.63) is 28.2 Å². The van der Waals surface area contributed by atoms with E-state index >= 15 is 0 Å². The van der Waals surface area contributed by atoms with E-state index in [0.29, 0.717) is 12.1 Å². The molecular formula is C14H20BrNO2. The Kier molecular flexibility index (Phi) is 5.03. The topological polar surface area (TPSA) is 30.5 Å². The van der Waals surface area contributed by atoms with Gasteiger partial charge in [-0.15, -0.1) is 0 Å². The lowest BCUT2D eigenvalue weighted by atomic mass is 9.99. The summed E-state index contributed by atoms with van der Waals surface area (Å²) in [6.07, 6.45) is 3.54. The van der Waals surface area contributed by atoms with Crippen LogP contribution in [0.1, 0.15) is 18.4 Å². The molecule has 100 valence electrons. The Labute approximate surface area is 117 Å². The van der Waals surface area contributed by atoms with Crippen molar-refractivity contribution in [2.24, 2.45) is 0 Å². The molecule has 1 fully saturated rings. The number of rotatable bonds is 5. The quantitative estimate of drug-likeness (QED) is 0.906. The summed E-state index contributed by atoms with van der Waals surface area (Å²) in [5.74, 6) is 0.941. The molecule has 2 unspecified atom stereocenters. The number of nitrogens with one attached hydrogen (secondary N) is 1. The molecule has 3 nitrogen and oxygen atoms in total. The first-order chi connectivity index (χ1) is 8.74. The van der Waals surface area contributed by atoms with Crippen molar-refractivity contribution in [2.75, 3.05) is 20.8 Å². The van der Waals surface area contributed by atoms with Gasteiger partial charge in [-0.05, 0) is 50.1 Å². The Bertz CT molecular complexity index is 391. The molecule has 0 aliphatic carbocycles. The molecule has 1 saturated heterocycles. The number of methoxy groups -OCH3 is 1. The normalized spacial score (nSPS) is 20.9. The van der Waals surface area contributed by atoms with E-state index in [1.165, 1.54) is 12.0 Å². The van der Waals surface area contributed by atoms with E-state index in [1.54, 1.807) is 7.11 Å².